The van der Waals surface area contributed by atoms with Gasteiger partial charge in [-0.25, -0.2) is 9.97 Å². The Balaban J connectivity index is 1.25. The smallest absolute Gasteiger partial charge is 0.250 e. The normalized spacial score (nSPS) is 23.8. The standard InChI is InChI=1S/C36H41N7O2S2/c1-18(2)24-16-46-34-31(29-15-28-33(47-29)35(39-17-38-28)41-26-11-10-25-23(26)7-6-12-37-25)30(36-43-42-21(5)45-36)27(40-32(24)34)9-8-22-13-19(3)44-20(4)14-22/h6-7,12,15,17-20,22,24,26H,8-11,13-14,16H2,1-5H3,(H,38,39,41). The third kappa shape index (κ3) is 5.84. The lowest BCUT2D eigenvalue weighted by Gasteiger charge is -2.32. The van der Waals surface area contributed by atoms with Gasteiger partial charge in [0.05, 0.1) is 45.4 Å². The van der Waals surface area contributed by atoms with Crippen molar-refractivity contribution in [2.75, 3.05) is 11.1 Å². The second kappa shape index (κ2) is 12.6. The van der Waals surface area contributed by atoms with Gasteiger partial charge in [-0.05, 0) is 81.9 Å². The highest BCUT2D eigenvalue weighted by molar-refractivity contribution is 7.99. The van der Waals surface area contributed by atoms with Crippen LogP contribution >= 0.6 is 23.1 Å². The summed E-state index contributed by atoms with van der Waals surface area (Å²) in [6.45, 7) is 10.9. The molecule has 3 aliphatic rings. The van der Waals surface area contributed by atoms with Crippen LogP contribution in [0.2, 0.25) is 0 Å². The van der Waals surface area contributed by atoms with E-state index in [1.807, 2.05) is 30.9 Å². The Kier molecular flexibility index (Phi) is 8.25. The molecule has 244 valence electrons. The molecule has 1 N–H and O–H groups in total. The topological polar surface area (TPSA) is 112 Å². The first-order valence-corrected chi connectivity index (χ1v) is 18.7. The van der Waals surface area contributed by atoms with Gasteiger partial charge in [-0.2, -0.15) is 0 Å². The van der Waals surface area contributed by atoms with Crippen LogP contribution in [0.15, 0.2) is 40.0 Å². The monoisotopic (exact) mass is 667 g/mol. The Morgan fingerprint density at radius 2 is 1.91 bits per heavy atom. The van der Waals surface area contributed by atoms with Crippen LogP contribution in [0.1, 0.15) is 93.9 Å². The molecule has 7 heterocycles. The number of hydrogen-bond acceptors (Lipinski definition) is 11. The van der Waals surface area contributed by atoms with Gasteiger partial charge in [-0.1, -0.05) is 19.9 Å². The second-order valence-electron chi connectivity index (χ2n) is 13.8. The summed E-state index contributed by atoms with van der Waals surface area (Å²) < 4.78 is 13.3. The highest BCUT2D eigenvalue weighted by Gasteiger charge is 2.36. The Morgan fingerprint density at radius 3 is 2.70 bits per heavy atom. The van der Waals surface area contributed by atoms with Crippen LogP contribution in [0, 0.1) is 18.8 Å². The van der Waals surface area contributed by atoms with Gasteiger partial charge in [0.25, 0.3) is 0 Å². The van der Waals surface area contributed by atoms with E-state index in [0.717, 1.165) is 82.0 Å². The minimum Gasteiger partial charge on any atom is -0.421 e. The van der Waals surface area contributed by atoms with Crippen LogP contribution in [0.3, 0.4) is 0 Å². The Hall–Kier alpha value is -3.41. The molecule has 8 rings (SSSR count). The van der Waals surface area contributed by atoms with E-state index >= 15 is 0 Å². The van der Waals surface area contributed by atoms with E-state index in [-0.39, 0.29) is 18.2 Å². The molecule has 1 aliphatic carbocycles. The number of ether oxygens (including phenoxy) is 1. The van der Waals surface area contributed by atoms with Crippen molar-refractivity contribution in [2.24, 2.45) is 11.8 Å². The van der Waals surface area contributed by atoms with E-state index in [9.17, 15) is 0 Å². The minimum atomic E-state index is 0.175. The third-order valence-electron chi connectivity index (χ3n) is 9.98. The molecule has 2 aliphatic heterocycles. The molecule has 0 bridgehead atoms. The summed E-state index contributed by atoms with van der Waals surface area (Å²) >= 11 is 3.65. The van der Waals surface area contributed by atoms with Gasteiger partial charge in [0.15, 0.2) is 0 Å². The van der Waals surface area contributed by atoms with Crippen LogP contribution in [0.25, 0.3) is 32.1 Å². The average Bonchev–Trinajstić information content (AvgIpc) is 3.85. The van der Waals surface area contributed by atoms with Crippen molar-refractivity contribution in [3.8, 4) is 21.9 Å². The number of nitrogens with zero attached hydrogens (tertiary/aromatic N) is 6. The van der Waals surface area contributed by atoms with Gasteiger partial charge in [0.2, 0.25) is 11.8 Å². The van der Waals surface area contributed by atoms with Crippen molar-refractivity contribution < 1.29 is 9.15 Å². The SMILES string of the molecule is Cc1nnc(-c2c(CCC3CC(C)OC(C)C3)nc3c(c2-c2cc4ncnc(NC5CCc6ncccc65)c4s2)SCC3C(C)C)o1. The minimum absolute atomic E-state index is 0.175. The molecule has 1 saturated heterocycles. The lowest BCUT2D eigenvalue weighted by atomic mass is 9.86. The van der Waals surface area contributed by atoms with Crippen LogP contribution in [-0.4, -0.2) is 48.1 Å². The number of thioether (sulfide) groups is 1. The summed E-state index contributed by atoms with van der Waals surface area (Å²) in [6.07, 6.45) is 10.1. The predicted molar refractivity (Wildman–Crippen MR) is 187 cm³/mol. The maximum atomic E-state index is 6.22. The molecular weight excluding hydrogens is 627 g/mol. The molecule has 0 aromatic carbocycles. The number of aromatic nitrogens is 6. The lowest BCUT2D eigenvalue weighted by Crippen LogP contribution is -2.29. The fourth-order valence-corrected chi connectivity index (χ4v) is 10.5. The number of aryl methyl sites for hydroxylation is 3. The molecular formula is C36H41N7O2S2. The van der Waals surface area contributed by atoms with Gasteiger partial charge < -0.3 is 14.5 Å². The summed E-state index contributed by atoms with van der Waals surface area (Å²) in [5.41, 5.74) is 7.74. The Labute approximate surface area is 283 Å². The van der Waals surface area contributed by atoms with E-state index in [1.165, 1.54) is 21.8 Å². The van der Waals surface area contributed by atoms with Gasteiger partial charge in [0.1, 0.15) is 12.1 Å². The van der Waals surface area contributed by atoms with Gasteiger partial charge in [-0.15, -0.1) is 33.3 Å². The average molecular weight is 668 g/mol. The Morgan fingerprint density at radius 1 is 1.06 bits per heavy atom. The van der Waals surface area contributed by atoms with E-state index in [4.69, 9.17) is 24.1 Å². The molecule has 0 saturated carbocycles. The zero-order valence-electron chi connectivity index (χ0n) is 27.6. The van der Waals surface area contributed by atoms with Crippen molar-refractivity contribution in [1.29, 1.82) is 0 Å². The maximum absolute atomic E-state index is 6.22. The first-order chi connectivity index (χ1) is 22.8. The number of pyridine rings is 2. The molecule has 1 fully saturated rings. The van der Waals surface area contributed by atoms with Crippen LogP contribution in [0.4, 0.5) is 5.82 Å². The molecule has 4 unspecified atom stereocenters. The van der Waals surface area contributed by atoms with Crippen LogP contribution < -0.4 is 5.32 Å². The second-order valence-corrected chi connectivity index (χ2v) is 15.8. The quantitative estimate of drug-likeness (QED) is 0.173. The summed E-state index contributed by atoms with van der Waals surface area (Å²) in [5.74, 6) is 4.43. The van der Waals surface area contributed by atoms with Crippen molar-refractivity contribution in [3.63, 3.8) is 0 Å². The number of anilines is 1. The van der Waals surface area contributed by atoms with Gasteiger partial charge >= 0.3 is 0 Å². The molecule has 11 heteroatoms. The van der Waals surface area contributed by atoms with Crippen LogP contribution in [-0.2, 0) is 17.6 Å². The molecule has 0 spiro atoms. The molecule has 5 aromatic rings. The number of rotatable bonds is 8. The fraction of sp³-hybridized carbons (Fsp3) is 0.500. The first kappa shape index (κ1) is 30.9. The molecule has 5 aromatic heterocycles. The van der Waals surface area contributed by atoms with Gasteiger partial charge in [0, 0.05) is 45.8 Å². The molecule has 9 nitrogen and oxygen atoms in total. The highest BCUT2D eigenvalue weighted by atomic mass is 32.2. The molecule has 47 heavy (non-hydrogen) atoms. The molecule has 4 atom stereocenters. The largest absolute Gasteiger partial charge is 0.421 e. The summed E-state index contributed by atoms with van der Waals surface area (Å²) in [4.78, 5) is 22.0. The van der Waals surface area contributed by atoms with Crippen molar-refractivity contribution in [3.05, 3.63) is 59.3 Å². The molecule has 0 amide bonds. The van der Waals surface area contributed by atoms with Gasteiger partial charge in [-0.3, -0.25) is 9.97 Å². The highest BCUT2D eigenvalue weighted by Crippen LogP contribution is 2.53. The van der Waals surface area contributed by atoms with E-state index in [1.54, 1.807) is 17.7 Å². The predicted octanol–water partition coefficient (Wildman–Crippen LogP) is 8.59. The van der Waals surface area contributed by atoms with E-state index < -0.39 is 0 Å². The number of thiophene rings is 1. The fourth-order valence-electron chi connectivity index (χ4n) is 7.77. The number of nitrogens with one attached hydrogen (secondary N) is 1. The van der Waals surface area contributed by atoms with Crippen molar-refractivity contribution in [1.82, 2.24) is 30.1 Å². The zero-order chi connectivity index (χ0) is 32.2. The maximum Gasteiger partial charge on any atom is 0.250 e. The Bertz CT molecular complexity index is 1930. The van der Waals surface area contributed by atoms with Crippen molar-refractivity contribution >= 4 is 39.1 Å². The van der Waals surface area contributed by atoms with Crippen LogP contribution in [0.5, 0.6) is 0 Å². The summed E-state index contributed by atoms with van der Waals surface area (Å²) in [7, 11) is 0. The first-order valence-electron chi connectivity index (χ1n) is 16.9. The lowest BCUT2D eigenvalue weighted by molar-refractivity contribution is -0.0533. The number of hydrogen-bond donors (Lipinski definition) is 1. The van der Waals surface area contributed by atoms with E-state index in [2.05, 4.69) is 60.3 Å². The molecule has 0 radical (unpaired) electrons. The zero-order valence-corrected chi connectivity index (χ0v) is 29.2. The van der Waals surface area contributed by atoms with E-state index in [0.29, 0.717) is 29.5 Å². The summed E-state index contributed by atoms with van der Waals surface area (Å²) in [6, 6.07) is 6.59. The third-order valence-corrected chi connectivity index (χ3v) is 12.4. The summed E-state index contributed by atoms with van der Waals surface area (Å²) in [5, 5.41) is 12.6. The number of fused-ring (bicyclic) bond motifs is 3. The van der Waals surface area contributed by atoms with Crippen molar-refractivity contribution in [2.45, 2.75) is 102 Å².